The number of benzene rings is 3. The van der Waals surface area contributed by atoms with Crippen molar-refractivity contribution in [3.8, 4) is 28.2 Å². The molecule has 0 bridgehead atoms. The maximum atomic E-state index is 13.4. The molecule has 0 aliphatic carbocycles. The molecule has 4 rings (SSSR count). The van der Waals surface area contributed by atoms with Crippen LogP contribution in [0.3, 0.4) is 0 Å². The van der Waals surface area contributed by atoms with Gasteiger partial charge in [-0.25, -0.2) is 9.07 Å². The molecule has 4 aromatic rings. The maximum Gasteiger partial charge on any atom is 0.123 e. The van der Waals surface area contributed by atoms with Crippen LogP contribution >= 0.6 is 43.5 Å². The first kappa shape index (κ1) is 18.4. The van der Waals surface area contributed by atoms with Gasteiger partial charge >= 0.3 is 0 Å². The Morgan fingerprint density at radius 2 is 1.41 bits per heavy atom. The van der Waals surface area contributed by atoms with Crippen molar-refractivity contribution in [3.05, 3.63) is 92.6 Å². The van der Waals surface area contributed by atoms with Gasteiger partial charge in [-0.15, -0.1) is 0 Å². The molecule has 0 amide bonds. The number of aromatic nitrogens is 2. The molecule has 0 unspecified atom stereocenters. The zero-order valence-corrected chi connectivity index (χ0v) is 17.8. The van der Waals surface area contributed by atoms with E-state index in [0.717, 1.165) is 31.5 Å². The largest absolute Gasteiger partial charge is 0.231 e. The fourth-order valence-corrected chi connectivity index (χ4v) is 4.01. The molecule has 2 nitrogen and oxygen atoms in total. The van der Waals surface area contributed by atoms with Gasteiger partial charge in [0.05, 0.1) is 16.4 Å². The summed E-state index contributed by atoms with van der Waals surface area (Å²) in [6, 6.07) is 21.8. The van der Waals surface area contributed by atoms with Gasteiger partial charge in [0.15, 0.2) is 0 Å². The van der Waals surface area contributed by atoms with Gasteiger partial charge in [0.1, 0.15) is 11.5 Å². The molecule has 0 aliphatic heterocycles. The summed E-state index contributed by atoms with van der Waals surface area (Å²) in [5.74, 6) is -0.298. The fraction of sp³-hybridized carbons (Fsp3) is 0. The lowest BCUT2D eigenvalue weighted by molar-refractivity contribution is 0.627. The molecule has 1 heterocycles. The van der Waals surface area contributed by atoms with Crippen LogP contribution in [0, 0.1) is 5.82 Å². The fourth-order valence-electron chi connectivity index (χ4n) is 2.87. The van der Waals surface area contributed by atoms with E-state index in [4.69, 9.17) is 16.7 Å². The molecular weight excluding hydrogens is 495 g/mol. The number of hydrogen-bond acceptors (Lipinski definition) is 1. The lowest BCUT2D eigenvalue weighted by atomic mass is 10.1. The molecule has 0 atom stereocenters. The predicted octanol–water partition coefficient (Wildman–Crippen LogP) is 7.52. The van der Waals surface area contributed by atoms with Crippen LogP contribution in [-0.4, -0.2) is 9.78 Å². The van der Waals surface area contributed by atoms with Crippen molar-refractivity contribution in [2.45, 2.75) is 0 Å². The number of rotatable bonds is 3. The van der Waals surface area contributed by atoms with Crippen LogP contribution in [0.2, 0.25) is 5.02 Å². The van der Waals surface area contributed by atoms with E-state index < -0.39 is 0 Å². The Hall–Kier alpha value is -1.95. The summed E-state index contributed by atoms with van der Waals surface area (Å²) in [5.41, 5.74) is 3.95. The second kappa shape index (κ2) is 7.58. The van der Waals surface area contributed by atoms with Gasteiger partial charge < -0.3 is 0 Å². The van der Waals surface area contributed by atoms with E-state index in [2.05, 4.69) is 31.9 Å². The highest BCUT2D eigenvalue weighted by molar-refractivity contribution is 9.10. The molecule has 3 aromatic carbocycles. The minimum atomic E-state index is -0.298. The Labute approximate surface area is 177 Å². The molecule has 6 heteroatoms. The van der Waals surface area contributed by atoms with Crippen LogP contribution in [0.1, 0.15) is 0 Å². The smallest absolute Gasteiger partial charge is 0.123 e. The molecule has 0 N–H and O–H groups in total. The zero-order valence-electron chi connectivity index (χ0n) is 13.8. The summed E-state index contributed by atoms with van der Waals surface area (Å²) in [4.78, 5) is 0. The first-order chi connectivity index (χ1) is 13.0. The first-order valence-electron chi connectivity index (χ1n) is 8.09. The molecular formula is C21H12Br2ClFN2. The Morgan fingerprint density at radius 3 is 2.04 bits per heavy atom. The van der Waals surface area contributed by atoms with Gasteiger partial charge in [-0.05, 0) is 48.5 Å². The lowest BCUT2D eigenvalue weighted by Gasteiger charge is -2.08. The Bertz CT molecular complexity index is 1120. The number of halogens is 4. The standard InChI is InChI=1S/C21H12Br2ClFN2/c22-15-5-1-3-13(11-15)20-19(24)21(14-4-2-6-16(23)12-14)27(26-20)18-9-7-17(25)8-10-18/h1-12H. The molecule has 134 valence electrons. The van der Waals surface area contributed by atoms with Crippen molar-refractivity contribution in [3.63, 3.8) is 0 Å². The third-order valence-electron chi connectivity index (χ3n) is 4.09. The van der Waals surface area contributed by atoms with Crippen LogP contribution in [0.25, 0.3) is 28.2 Å². The quantitative estimate of drug-likeness (QED) is 0.281. The van der Waals surface area contributed by atoms with E-state index in [-0.39, 0.29) is 5.82 Å². The van der Waals surface area contributed by atoms with Crippen molar-refractivity contribution >= 4 is 43.5 Å². The third kappa shape index (κ3) is 3.72. The van der Waals surface area contributed by atoms with Crippen molar-refractivity contribution in [2.24, 2.45) is 0 Å². The average molecular weight is 507 g/mol. The molecule has 0 spiro atoms. The van der Waals surface area contributed by atoms with E-state index in [1.165, 1.54) is 12.1 Å². The summed E-state index contributed by atoms with van der Waals surface area (Å²) >= 11 is 13.8. The van der Waals surface area contributed by atoms with Gasteiger partial charge in [0.2, 0.25) is 0 Å². The Balaban J connectivity index is 1.99. The van der Waals surface area contributed by atoms with Gasteiger partial charge in [-0.2, -0.15) is 5.10 Å². The molecule has 0 fully saturated rings. The highest BCUT2D eigenvalue weighted by atomic mass is 79.9. The summed E-state index contributed by atoms with van der Waals surface area (Å²) < 4.78 is 17.0. The second-order valence-corrected chi connectivity index (χ2v) is 8.13. The Kier molecular flexibility index (Phi) is 5.17. The predicted molar refractivity (Wildman–Crippen MR) is 115 cm³/mol. The van der Waals surface area contributed by atoms with E-state index in [0.29, 0.717) is 10.7 Å². The molecule has 0 saturated heterocycles. The van der Waals surface area contributed by atoms with Crippen LogP contribution in [-0.2, 0) is 0 Å². The monoisotopic (exact) mass is 504 g/mol. The van der Waals surface area contributed by atoms with Crippen LogP contribution in [0.15, 0.2) is 81.7 Å². The van der Waals surface area contributed by atoms with Crippen LogP contribution in [0.5, 0.6) is 0 Å². The van der Waals surface area contributed by atoms with E-state index in [1.54, 1.807) is 16.8 Å². The SMILES string of the molecule is Fc1ccc(-n2nc(-c3cccc(Br)c3)c(Cl)c2-c2cccc(Br)c2)cc1. The highest BCUT2D eigenvalue weighted by Crippen LogP contribution is 2.39. The summed E-state index contributed by atoms with van der Waals surface area (Å²) in [6.07, 6.45) is 0. The number of hydrogen-bond donors (Lipinski definition) is 0. The minimum absolute atomic E-state index is 0.298. The van der Waals surface area contributed by atoms with Crippen LogP contribution < -0.4 is 0 Å². The van der Waals surface area contributed by atoms with Crippen LogP contribution in [0.4, 0.5) is 4.39 Å². The normalized spacial score (nSPS) is 11.0. The zero-order chi connectivity index (χ0) is 19.0. The molecule has 0 saturated carbocycles. The third-order valence-corrected chi connectivity index (χ3v) is 5.44. The van der Waals surface area contributed by atoms with E-state index >= 15 is 0 Å². The lowest BCUT2D eigenvalue weighted by Crippen LogP contribution is -1.99. The van der Waals surface area contributed by atoms with Gasteiger partial charge in [0, 0.05) is 20.1 Å². The van der Waals surface area contributed by atoms with Gasteiger partial charge in [-0.1, -0.05) is 67.7 Å². The Morgan fingerprint density at radius 1 is 0.815 bits per heavy atom. The van der Waals surface area contributed by atoms with Gasteiger partial charge in [-0.3, -0.25) is 0 Å². The number of nitrogens with zero attached hydrogens (tertiary/aromatic N) is 2. The first-order valence-corrected chi connectivity index (χ1v) is 10.1. The average Bonchev–Trinajstić information content (AvgIpc) is 2.99. The topological polar surface area (TPSA) is 17.8 Å². The second-order valence-electron chi connectivity index (χ2n) is 5.92. The molecule has 1 aromatic heterocycles. The van der Waals surface area contributed by atoms with Crippen molar-refractivity contribution in [1.82, 2.24) is 9.78 Å². The molecule has 0 radical (unpaired) electrons. The summed E-state index contributed by atoms with van der Waals surface area (Å²) in [6.45, 7) is 0. The summed E-state index contributed by atoms with van der Waals surface area (Å²) in [5, 5.41) is 5.29. The van der Waals surface area contributed by atoms with E-state index in [9.17, 15) is 4.39 Å². The summed E-state index contributed by atoms with van der Waals surface area (Å²) in [7, 11) is 0. The molecule has 27 heavy (non-hydrogen) atoms. The highest BCUT2D eigenvalue weighted by Gasteiger charge is 2.20. The van der Waals surface area contributed by atoms with E-state index in [1.807, 2.05) is 48.5 Å². The van der Waals surface area contributed by atoms with Crippen molar-refractivity contribution in [2.75, 3.05) is 0 Å². The van der Waals surface area contributed by atoms with Crippen molar-refractivity contribution in [1.29, 1.82) is 0 Å². The van der Waals surface area contributed by atoms with Gasteiger partial charge in [0.25, 0.3) is 0 Å². The minimum Gasteiger partial charge on any atom is -0.231 e. The maximum absolute atomic E-state index is 13.4. The van der Waals surface area contributed by atoms with Crippen molar-refractivity contribution < 1.29 is 4.39 Å². The molecule has 0 aliphatic rings.